The van der Waals surface area contributed by atoms with Crippen LogP contribution in [0.5, 0.6) is 5.75 Å². The molecule has 0 N–H and O–H groups in total. The molecule has 0 spiro atoms. The average molecular weight is 323 g/mol. The highest BCUT2D eigenvalue weighted by Crippen LogP contribution is 2.22. The molecule has 122 valence electrons. The number of aryl methyl sites for hydroxylation is 1. The second-order valence-corrected chi connectivity index (χ2v) is 5.01. The van der Waals surface area contributed by atoms with E-state index in [0.29, 0.717) is 17.9 Å². The summed E-state index contributed by atoms with van der Waals surface area (Å²) in [5.74, 6) is -0.269. The summed E-state index contributed by atoms with van der Waals surface area (Å²) in [5.41, 5.74) is 3.37. The van der Waals surface area contributed by atoms with Gasteiger partial charge in [0.1, 0.15) is 12.4 Å². The summed E-state index contributed by atoms with van der Waals surface area (Å²) >= 11 is 0. The molecule has 0 saturated carbocycles. The fourth-order valence-corrected chi connectivity index (χ4v) is 1.84. The number of ether oxygens (including phenoxy) is 1. The first kappa shape index (κ1) is 16.9. The van der Waals surface area contributed by atoms with Crippen LogP contribution in [0.15, 0.2) is 53.7 Å². The van der Waals surface area contributed by atoms with E-state index in [-0.39, 0.29) is 5.75 Å². The van der Waals surface area contributed by atoms with Crippen molar-refractivity contribution in [2.24, 2.45) is 5.16 Å². The van der Waals surface area contributed by atoms with Crippen LogP contribution < -0.4 is 4.74 Å². The van der Waals surface area contributed by atoms with Crippen molar-refractivity contribution in [2.75, 3.05) is 0 Å². The Morgan fingerprint density at radius 2 is 1.61 bits per heavy atom. The van der Waals surface area contributed by atoms with Crippen molar-refractivity contribution in [3.8, 4) is 5.75 Å². The number of alkyl halides is 3. The number of hydrogen-bond acceptors (Lipinski definition) is 3. The summed E-state index contributed by atoms with van der Waals surface area (Å²) < 4.78 is 40.1. The van der Waals surface area contributed by atoms with Crippen molar-refractivity contribution in [2.45, 2.75) is 26.8 Å². The van der Waals surface area contributed by atoms with Crippen molar-refractivity contribution >= 4 is 5.71 Å². The lowest BCUT2D eigenvalue weighted by molar-refractivity contribution is -0.274. The van der Waals surface area contributed by atoms with Crippen molar-refractivity contribution in [3.63, 3.8) is 0 Å². The lowest BCUT2D eigenvalue weighted by Gasteiger charge is -2.09. The molecule has 0 radical (unpaired) electrons. The van der Waals surface area contributed by atoms with Gasteiger partial charge in [0.05, 0.1) is 5.71 Å². The number of oxime groups is 1. The maximum Gasteiger partial charge on any atom is 0.573 e. The van der Waals surface area contributed by atoms with Gasteiger partial charge in [-0.15, -0.1) is 13.2 Å². The van der Waals surface area contributed by atoms with Gasteiger partial charge in [0.15, 0.2) is 0 Å². The highest BCUT2D eigenvalue weighted by Gasteiger charge is 2.30. The summed E-state index contributed by atoms with van der Waals surface area (Å²) in [6.07, 6.45) is -4.69. The summed E-state index contributed by atoms with van der Waals surface area (Å²) in [5, 5.41) is 3.97. The first-order valence-electron chi connectivity index (χ1n) is 6.92. The molecule has 0 aliphatic heterocycles. The van der Waals surface area contributed by atoms with Crippen LogP contribution in [0.3, 0.4) is 0 Å². The van der Waals surface area contributed by atoms with Crippen LogP contribution in [0, 0.1) is 6.92 Å². The molecule has 0 aliphatic rings. The Bertz CT molecular complexity index is 662. The van der Waals surface area contributed by atoms with E-state index in [9.17, 15) is 13.2 Å². The van der Waals surface area contributed by atoms with E-state index < -0.39 is 6.36 Å². The zero-order valence-electron chi connectivity index (χ0n) is 12.7. The third-order valence-corrected chi connectivity index (χ3v) is 3.06. The van der Waals surface area contributed by atoms with Crippen LogP contribution in [0.1, 0.15) is 23.6 Å². The molecule has 0 fully saturated rings. The monoisotopic (exact) mass is 323 g/mol. The van der Waals surface area contributed by atoms with Crippen molar-refractivity contribution < 1.29 is 22.7 Å². The zero-order chi connectivity index (χ0) is 16.9. The van der Waals surface area contributed by atoms with E-state index in [1.165, 1.54) is 24.3 Å². The van der Waals surface area contributed by atoms with Gasteiger partial charge in [0.2, 0.25) is 0 Å². The molecule has 0 aromatic heterocycles. The molecule has 3 nitrogen and oxygen atoms in total. The lowest BCUT2D eigenvalue weighted by atomic mass is 10.1. The van der Waals surface area contributed by atoms with Gasteiger partial charge in [-0.05, 0) is 49.2 Å². The normalized spacial score (nSPS) is 12.1. The first-order chi connectivity index (χ1) is 10.8. The van der Waals surface area contributed by atoms with E-state index in [1.54, 1.807) is 6.92 Å². The fraction of sp³-hybridized carbons (Fsp3) is 0.235. The van der Waals surface area contributed by atoms with E-state index in [0.717, 1.165) is 11.1 Å². The average Bonchev–Trinajstić information content (AvgIpc) is 2.48. The van der Waals surface area contributed by atoms with Crippen molar-refractivity contribution in [3.05, 3.63) is 65.2 Å². The summed E-state index contributed by atoms with van der Waals surface area (Å²) in [6.45, 7) is 4.04. The molecule has 23 heavy (non-hydrogen) atoms. The Labute approximate surface area is 132 Å². The van der Waals surface area contributed by atoms with Crippen LogP contribution in [0.2, 0.25) is 0 Å². The summed E-state index contributed by atoms with van der Waals surface area (Å²) in [7, 11) is 0. The molecule has 0 heterocycles. The van der Waals surface area contributed by atoms with E-state index in [2.05, 4.69) is 9.89 Å². The standard InChI is InChI=1S/C17H16F3NO2/c1-12-3-5-14(6-4-12)11-22-21-13(2)15-7-9-16(10-8-15)23-17(18,19)20/h3-10H,11H2,1-2H3. The molecular formula is C17H16F3NO2. The SMILES string of the molecule is CC(=NOCc1ccc(C)cc1)c1ccc(OC(F)(F)F)cc1. The molecular weight excluding hydrogens is 307 g/mol. The van der Waals surface area contributed by atoms with Crippen molar-refractivity contribution in [1.82, 2.24) is 0 Å². The Morgan fingerprint density at radius 3 is 2.17 bits per heavy atom. The molecule has 2 rings (SSSR count). The predicted octanol–water partition coefficient (Wildman–Crippen LogP) is 4.83. The van der Waals surface area contributed by atoms with Crippen LogP contribution in [-0.4, -0.2) is 12.1 Å². The molecule has 0 amide bonds. The molecule has 0 unspecified atom stereocenters. The van der Waals surface area contributed by atoms with Crippen LogP contribution >= 0.6 is 0 Å². The molecule has 2 aromatic rings. The molecule has 0 saturated heterocycles. The maximum atomic E-state index is 12.1. The third-order valence-electron chi connectivity index (χ3n) is 3.06. The van der Waals surface area contributed by atoms with Crippen LogP contribution in [-0.2, 0) is 11.4 Å². The predicted molar refractivity (Wildman–Crippen MR) is 81.3 cm³/mol. The highest BCUT2D eigenvalue weighted by molar-refractivity contribution is 5.98. The minimum Gasteiger partial charge on any atom is -0.406 e. The highest BCUT2D eigenvalue weighted by atomic mass is 19.4. The van der Waals surface area contributed by atoms with Gasteiger partial charge in [-0.2, -0.15) is 0 Å². The maximum absolute atomic E-state index is 12.1. The number of hydrogen-bond donors (Lipinski definition) is 0. The van der Waals surface area contributed by atoms with Gasteiger partial charge in [-0.3, -0.25) is 0 Å². The molecule has 6 heteroatoms. The van der Waals surface area contributed by atoms with Gasteiger partial charge in [-0.1, -0.05) is 35.0 Å². The smallest absolute Gasteiger partial charge is 0.406 e. The quantitative estimate of drug-likeness (QED) is 0.582. The van der Waals surface area contributed by atoms with Gasteiger partial charge in [0.25, 0.3) is 0 Å². The van der Waals surface area contributed by atoms with Crippen LogP contribution in [0.4, 0.5) is 13.2 Å². The van der Waals surface area contributed by atoms with Gasteiger partial charge >= 0.3 is 6.36 Å². The Hall–Kier alpha value is -2.50. The molecule has 0 bridgehead atoms. The molecule has 2 aromatic carbocycles. The minimum absolute atomic E-state index is 0.269. The van der Waals surface area contributed by atoms with E-state index in [4.69, 9.17) is 4.84 Å². The van der Waals surface area contributed by atoms with Gasteiger partial charge in [-0.25, -0.2) is 0 Å². The number of rotatable bonds is 5. The zero-order valence-corrected chi connectivity index (χ0v) is 12.7. The summed E-state index contributed by atoms with van der Waals surface area (Å²) in [4.78, 5) is 5.26. The van der Waals surface area contributed by atoms with Gasteiger partial charge < -0.3 is 9.57 Å². The van der Waals surface area contributed by atoms with Gasteiger partial charge in [0, 0.05) is 0 Å². The Morgan fingerprint density at radius 1 is 1.00 bits per heavy atom. The number of halogens is 3. The number of benzene rings is 2. The fourth-order valence-electron chi connectivity index (χ4n) is 1.84. The molecule has 0 aliphatic carbocycles. The van der Waals surface area contributed by atoms with E-state index in [1.807, 2.05) is 31.2 Å². The topological polar surface area (TPSA) is 30.8 Å². The second-order valence-electron chi connectivity index (χ2n) is 5.01. The summed E-state index contributed by atoms with van der Waals surface area (Å²) in [6, 6.07) is 13.3. The van der Waals surface area contributed by atoms with E-state index >= 15 is 0 Å². The Balaban J connectivity index is 1.94. The second kappa shape index (κ2) is 7.17. The van der Waals surface area contributed by atoms with Crippen LogP contribution in [0.25, 0.3) is 0 Å². The third kappa shape index (κ3) is 5.65. The molecule has 0 atom stereocenters. The van der Waals surface area contributed by atoms with Crippen molar-refractivity contribution in [1.29, 1.82) is 0 Å². The Kier molecular flexibility index (Phi) is 5.26. The first-order valence-corrected chi connectivity index (χ1v) is 6.92. The number of nitrogens with zero attached hydrogens (tertiary/aromatic N) is 1. The lowest BCUT2D eigenvalue weighted by Crippen LogP contribution is -2.17. The largest absolute Gasteiger partial charge is 0.573 e. The minimum atomic E-state index is -4.69.